The van der Waals surface area contributed by atoms with E-state index in [0.29, 0.717) is 38.4 Å². The maximum atomic E-state index is 13.0. The monoisotopic (exact) mass is 383 g/mol. The summed E-state index contributed by atoms with van der Waals surface area (Å²) in [5.41, 5.74) is -0.810. The molecule has 2 heterocycles. The molecular weight excluding hydrogens is 366 g/mol. The first-order chi connectivity index (χ1) is 12.7. The highest BCUT2D eigenvalue weighted by molar-refractivity contribution is 5.76. The van der Waals surface area contributed by atoms with Crippen LogP contribution in [0.2, 0.25) is 0 Å². The van der Waals surface area contributed by atoms with Crippen LogP contribution in [0.25, 0.3) is 0 Å². The van der Waals surface area contributed by atoms with Crippen molar-refractivity contribution in [1.82, 2.24) is 9.47 Å². The van der Waals surface area contributed by atoms with Crippen molar-refractivity contribution in [1.29, 1.82) is 0 Å². The summed E-state index contributed by atoms with van der Waals surface area (Å²) in [6, 6.07) is 7.51. The fourth-order valence-corrected chi connectivity index (χ4v) is 2.93. The number of alkyl halides is 3. The van der Waals surface area contributed by atoms with E-state index in [-0.39, 0.29) is 5.82 Å². The molecule has 0 aliphatic carbocycles. The summed E-state index contributed by atoms with van der Waals surface area (Å²) in [5, 5.41) is 0. The summed E-state index contributed by atoms with van der Waals surface area (Å²) in [6.07, 6.45) is -3.92. The predicted molar refractivity (Wildman–Crippen MR) is 90.9 cm³/mol. The fourth-order valence-electron chi connectivity index (χ4n) is 2.93. The van der Waals surface area contributed by atoms with Gasteiger partial charge in [-0.3, -0.25) is 9.59 Å². The first kappa shape index (κ1) is 18.9. The Morgan fingerprint density at radius 1 is 0.963 bits per heavy atom. The molecule has 5 nitrogen and oxygen atoms in total. The van der Waals surface area contributed by atoms with Crippen molar-refractivity contribution >= 4 is 11.6 Å². The van der Waals surface area contributed by atoms with Gasteiger partial charge in [-0.2, -0.15) is 13.2 Å². The van der Waals surface area contributed by atoms with Crippen LogP contribution in [-0.4, -0.2) is 41.6 Å². The Bertz CT molecular complexity index is 869. The molecule has 3 rings (SSSR count). The predicted octanol–water partition coefficient (Wildman–Crippen LogP) is 2.36. The SMILES string of the molecule is O=C(Cn1cc(C(F)(F)F)ccc1=O)N1CCN(c2ccc(F)cc2)CC1. The third kappa shape index (κ3) is 4.47. The average Bonchev–Trinajstić information content (AvgIpc) is 2.63. The van der Waals surface area contributed by atoms with Crippen molar-refractivity contribution < 1.29 is 22.4 Å². The van der Waals surface area contributed by atoms with E-state index in [1.54, 1.807) is 12.1 Å². The Morgan fingerprint density at radius 3 is 2.19 bits per heavy atom. The van der Waals surface area contributed by atoms with Crippen LogP contribution in [0.5, 0.6) is 0 Å². The van der Waals surface area contributed by atoms with Gasteiger partial charge in [0.2, 0.25) is 5.91 Å². The molecule has 0 saturated carbocycles. The van der Waals surface area contributed by atoms with Gasteiger partial charge in [0.25, 0.3) is 5.56 Å². The summed E-state index contributed by atoms with van der Waals surface area (Å²) < 4.78 is 52.1. The van der Waals surface area contributed by atoms with Gasteiger partial charge in [-0.05, 0) is 30.3 Å². The lowest BCUT2D eigenvalue weighted by molar-refractivity contribution is -0.138. The van der Waals surface area contributed by atoms with Gasteiger partial charge >= 0.3 is 6.18 Å². The first-order valence-electron chi connectivity index (χ1n) is 8.30. The van der Waals surface area contributed by atoms with E-state index in [0.717, 1.165) is 16.3 Å². The molecule has 1 aromatic carbocycles. The molecule has 1 aliphatic heterocycles. The zero-order valence-electron chi connectivity index (χ0n) is 14.2. The van der Waals surface area contributed by atoms with Gasteiger partial charge in [-0.15, -0.1) is 0 Å². The third-order valence-corrected chi connectivity index (χ3v) is 4.44. The van der Waals surface area contributed by atoms with Crippen LogP contribution >= 0.6 is 0 Å². The molecule has 9 heteroatoms. The lowest BCUT2D eigenvalue weighted by Crippen LogP contribution is -2.50. The topological polar surface area (TPSA) is 45.6 Å². The van der Waals surface area contributed by atoms with Gasteiger partial charge in [-0.25, -0.2) is 4.39 Å². The van der Waals surface area contributed by atoms with Crippen LogP contribution < -0.4 is 10.5 Å². The zero-order valence-corrected chi connectivity index (χ0v) is 14.2. The summed E-state index contributed by atoms with van der Waals surface area (Å²) in [7, 11) is 0. The maximum Gasteiger partial charge on any atom is 0.417 e. The molecule has 1 saturated heterocycles. The van der Waals surface area contributed by atoms with E-state index in [1.165, 1.54) is 17.0 Å². The largest absolute Gasteiger partial charge is 0.417 e. The van der Waals surface area contributed by atoms with Gasteiger partial charge in [0, 0.05) is 44.1 Å². The number of anilines is 1. The fraction of sp³-hybridized carbons (Fsp3) is 0.333. The smallest absolute Gasteiger partial charge is 0.368 e. The van der Waals surface area contributed by atoms with E-state index in [2.05, 4.69) is 0 Å². The molecule has 1 fully saturated rings. The number of hydrogen-bond acceptors (Lipinski definition) is 3. The standard InChI is InChI=1S/C18H17F4N3O2/c19-14-2-4-15(5-3-14)23-7-9-24(10-8-23)17(27)12-25-11-13(18(20,21)22)1-6-16(25)26/h1-6,11H,7-10,12H2. The van der Waals surface area contributed by atoms with Gasteiger partial charge < -0.3 is 14.4 Å². The number of hydrogen-bond donors (Lipinski definition) is 0. The van der Waals surface area contributed by atoms with Crippen LogP contribution in [0.4, 0.5) is 23.2 Å². The van der Waals surface area contributed by atoms with Gasteiger partial charge in [0.1, 0.15) is 12.4 Å². The minimum absolute atomic E-state index is 0.334. The van der Waals surface area contributed by atoms with Crippen LogP contribution in [0, 0.1) is 5.82 Å². The normalized spacial score (nSPS) is 15.1. The molecule has 1 aromatic heterocycles. The lowest BCUT2D eigenvalue weighted by Gasteiger charge is -2.36. The second-order valence-corrected chi connectivity index (χ2v) is 6.23. The average molecular weight is 383 g/mol. The molecule has 1 aliphatic rings. The number of rotatable bonds is 3. The van der Waals surface area contributed by atoms with Crippen LogP contribution in [-0.2, 0) is 17.5 Å². The third-order valence-electron chi connectivity index (χ3n) is 4.44. The Balaban J connectivity index is 1.63. The second-order valence-electron chi connectivity index (χ2n) is 6.23. The number of carbonyl (C=O) groups is 1. The molecule has 0 radical (unpaired) electrons. The van der Waals surface area contributed by atoms with E-state index in [1.807, 2.05) is 4.90 Å². The Hall–Kier alpha value is -2.84. The molecule has 0 atom stereocenters. The van der Waals surface area contributed by atoms with E-state index in [9.17, 15) is 27.2 Å². The summed E-state index contributed by atoms with van der Waals surface area (Å²) >= 11 is 0. The summed E-state index contributed by atoms with van der Waals surface area (Å²) in [4.78, 5) is 27.6. The first-order valence-corrected chi connectivity index (χ1v) is 8.30. The van der Waals surface area contributed by atoms with E-state index < -0.39 is 29.8 Å². The molecule has 0 N–H and O–H groups in total. The number of benzene rings is 1. The van der Waals surface area contributed by atoms with Crippen LogP contribution in [0.15, 0.2) is 47.4 Å². The number of halogens is 4. The molecule has 27 heavy (non-hydrogen) atoms. The van der Waals surface area contributed by atoms with E-state index in [4.69, 9.17) is 0 Å². The molecule has 144 valence electrons. The van der Waals surface area contributed by atoms with Gasteiger partial charge in [-0.1, -0.05) is 0 Å². The number of carbonyl (C=O) groups excluding carboxylic acids is 1. The number of nitrogens with zero attached hydrogens (tertiary/aromatic N) is 3. The Morgan fingerprint density at radius 2 is 1.59 bits per heavy atom. The lowest BCUT2D eigenvalue weighted by atomic mass is 10.2. The molecule has 2 aromatic rings. The molecule has 0 bridgehead atoms. The molecule has 0 unspecified atom stereocenters. The second kappa shape index (κ2) is 7.42. The minimum Gasteiger partial charge on any atom is -0.368 e. The van der Waals surface area contributed by atoms with Crippen LogP contribution in [0.3, 0.4) is 0 Å². The van der Waals surface area contributed by atoms with Crippen molar-refractivity contribution in [2.45, 2.75) is 12.7 Å². The van der Waals surface area contributed by atoms with Gasteiger partial charge in [0.15, 0.2) is 0 Å². The Kier molecular flexibility index (Phi) is 5.20. The number of amides is 1. The number of piperazine rings is 1. The van der Waals surface area contributed by atoms with Crippen molar-refractivity contribution in [3.63, 3.8) is 0 Å². The van der Waals surface area contributed by atoms with Crippen molar-refractivity contribution in [3.8, 4) is 0 Å². The van der Waals surface area contributed by atoms with Crippen molar-refractivity contribution in [2.24, 2.45) is 0 Å². The highest BCUT2D eigenvalue weighted by Gasteiger charge is 2.31. The van der Waals surface area contributed by atoms with E-state index >= 15 is 0 Å². The quantitative estimate of drug-likeness (QED) is 0.765. The molecular formula is C18H17F4N3O2. The molecule has 0 spiro atoms. The number of aromatic nitrogens is 1. The molecule has 1 amide bonds. The van der Waals surface area contributed by atoms with Crippen molar-refractivity contribution in [3.05, 3.63) is 64.3 Å². The van der Waals surface area contributed by atoms with Crippen molar-refractivity contribution in [2.75, 3.05) is 31.1 Å². The van der Waals surface area contributed by atoms with Gasteiger partial charge in [0.05, 0.1) is 5.56 Å². The Labute approximate surface area is 152 Å². The maximum absolute atomic E-state index is 13.0. The highest BCUT2D eigenvalue weighted by atomic mass is 19.4. The highest BCUT2D eigenvalue weighted by Crippen LogP contribution is 2.28. The zero-order chi connectivity index (χ0) is 19.6. The summed E-state index contributed by atoms with van der Waals surface area (Å²) in [5.74, 6) is -0.755. The van der Waals surface area contributed by atoms with Crippen LogP contribution in [0.1, 0.15) is 5.56 Å². The minimum atomic E-state index is -4.58. The summed E-state index contributed by atoms with van der Waals surface area (Å²) in [6.45, 7) is 1.30. The number of pyridine rings is 1.